The first-order valence-corrected chi connectivity index (χ1v) is 9.67. The first kappa shape index (κ1) is 19.7. The SMILES string of the molecule is COc1ccc(NC(=O)CS(=O)(=O)CC(=O)Nc2ccc(Cl)cc2)cc1. The highest BCUT2D eigenvalue weighted by molar-refractivity contribution is 7.92. The molecule has 2 aromatic rings. The van der Waals surface area contributed by atoms with Gasteiger partial charge in [0, 0.05) is 16.4 Å². The Morgan fingerprint density at radius 2 is 1.31 bits per heavy atom. The van der Waals surface area contributed by atoms with Gasteiger partial charge in [-0.2, -0.15) is 0 Å². The van der Waals surface area contributed by atoms with Gasteiger partial charge in [-0.05, 0) is 48.5 Å². The lowest BCUT2D eigenvalue weighted by Gasteiger charge is -2.08. The number of hydrogen-bond acceptors (Lipinski definition) is 5. The Morgan fingerprint density at radius 3 is 1.73 bits per heavy atom. The maximum atomic E-state index is 12.0. The van der Waals surface area contributed by atoms with Gasteiger partial charge in [-0.1, -0.05) is 11.6 Å². The lowest BCUT2D eigenvalue weighted by molar-refractivity contribution is -0.114. The Balaban J connectivity index is 1.88. The number of hydrogen-bond donors (Lipinski definition) is 2. The van der Waals surface area contributed by atoms with Crippen LogP contribution in [0.3, 0.4) is 0 Å². The van der Waals surface area contributed by atoms with E-state index in [9.17, 15) is 18.0 Å². The summed E-state index contributed by atoms with van der Waals surface area (Å²) in [6.07, 6.45) is 0. The second-order valence-corrected chi connectivity index (χ2v) is 7.86. The molecule has 0 aliphatic carbocycles. The molecular formula is C17H17ClN2O5S. The molecule has 0 unspecified atom stereocenters. The first-order valence-electron chi connectivity index (χ1n) is 7.47. The van der Waals surface area contributed by atoms with Crippen LogP contribution in [0.5, 0.6) is 5.75 Å². The van der Waals surface area contributed by atoms with Gasteiger partial charge in [0.1, 0.15) is 17.3 Å². The molecule has 0 aliphatic heterocycles. The fourth-order valence-corrected chi connectivity index (χ4v) is 3.22. The predicted octanol–water partition coefficient (Wildman–Crippen LogP) is 2.34. The molecule has 0 aromatic heterocycles. The van der Waals surface area contributed by atoms with Crippen molar-refractivity contribution in [3.8, 4) is 5.75 Å². The number of nitrogens with one attached hydrogen (secondary N) is 2. The minimum Gasteiger partial charge on any atom is -0.497 e. The summed E-state index contributed by atoms with van der Waals surface area (Å²) in [5.41, 5.74) is 0.842. The van der Waals surface area contributed by atoms with Crippen LogP contribution in [0.4, 0.5) is 11.4 Å². The minimum absolute atomic E-state index is 0.414. The van der Waals surface area contributed by atoms with Crippen LogP contribution in [0.25, 0.3) is 0 Å². The van der Waals surface area contributed by atoms with Crippen LogP contribution in [0.15, 0.2) is 48.5 Å². The fraction of sp³-hybridized carbons (Fsp3) is 0.176. The van der Waals surface area contributed by atoms with E-state index in [4.69, 9.17) is 16.3 Å². The number of rotatable bonds is 7. The van der Waals surface area contributed by atoms with E-state index in [0.29, 0.717) is 22.1 Å². The van der Waals surface area contributed by atoms with E-state index in [1.165, 1.54) is 7.11 Å². The maximum Gasteiger partial charge on any atom is 0.239 e. The molecule has 0 saturated heterocycles. The third kappa shape index (κ3) is 6.38. The maximum absolute atomic E-state index is 12.0. The zero-order chi connectivity index (χ0) is 19.2. The van der Waals surface area contributed by atoms with E-state index < -0.39 is 33.2 Å². The van der Waals surface area contributed by atoms with Crippen LogP contribution in [-0.2, 0) is 19.4 Å². The zero-order valence-corrected chi connectivity index (χ0v) is 15.4. The van der Waals surface area contributed by atoms with Crippen molar-refractivity contribution >= 4 is 44.6 Å². The topological polar surface area (TPSA) is 102 Å². The van der Waals surface area contributed by atoms with Gasteiger partial charge in [0.05, 0.1) is 7.11 Å². The summed E-state index contributed by atoms with van der Waals surface area (Å²) in [7, 11) is -2.41. The summed E-state index contributed by atoms with van der Waals surface area (Å²) in [6, 6.07) is 12.6. The molecule has 2 N–H and O–H groups in total. The van der Waals surface area contributed by atoms with E-state index in [1.54, 1.807) is 48.5 Å². The average Bonchev–Trinajstić information content (AvgIpc) is 2.56. The van der Waals surface area contributed by atoms with E-state index in [-0.39, 0.29) is 0 Å². The standard InChI is InChI=1S/C17H17ClN2O5S/c1-25-15-8-6-14(7-9-15)20-17(22)11-26(23,24)10-16(21)19-13-4-2-12(18)3-5-13/h2-9H,10-11H2,1H3,(H,19,21)(H,20,22). The molecule has 0 radical (unpaired) electrons. The minimum atomic E-state index is -3.92. The molecule has 0 fully saturated rings. The molecule has 2 rings (SSSR count). The number of benzene rings is 2. The van der Waals surface area contributed by atoms with Crippen LogP contribution in [0.2, 0.25) is 5.02 Å². The third-order valence-electron chi connectivity index (χ3n) is 3.20. The number of ether oxygens (including phenoxy) is 1. The Kier molecular flexibility index (Phi) is 6.59. The smallest absolute Gasteiger partial charge is 0.239 e. The summed E-state index contributed by atoms with van der Waals surface area (Å²) < 4.78 is 29.0. The Labute approximate surface area is 156 Å². The molecule has 2 aromatic carbocycles. The number of sulfone groups is 1. The Hall–Kier alpha value is -2.58. The van der Waals surface area contributed by atoms with Crippen molar-refractivity contribution < 1.29 is 22.7 Å². The number of halogens is 1. The Morgan fingerprint density at radius 1 is 0.885 bits per heavy atom. The van der Waals surface area contributed by atoms with Gasteiger partial charge in [0.15, 0.2) is 9.84 Å². The lowest BCUT2D eigenvalue weighted by atomic mass is 10.3. The molecule has 0 saturated carbocycles. The van der Waals surface area contributed by atoms with Crippen LogP contribution in [0.1, 0.15) is 0 Å². The number of carbonyl (C=O) groups excluding carboxylic acids is 2. The zero-order valence-electron chi connectivity index (χ0n) is 13.9. The largest absolute Gasteiger partial charge is 0.497 e. The Bertz CT molecular complexity index is 880. The van der Waals surface area contributed by atoms with E-state index in [1.807, 2.05) is 0 Å². The number of amides is 2. The molecule has 26 heavy (non-hydrogen) atoms. The molecule has 0 bridgehead atoms. The second kappa shape index (κ2) is 8.68. The number of carbonyl (C=O) groups is 2. The molecule has 7 nitrogen and oxygen atoms in total. The van der Waals surface area contributed by atoms with Crippen molar-refractivity contribution in [2.45, 2.75) is 0 Å². The predicted molar refractivity (Wildman–Crippen MR) is 100 cm³/mol. The molecule has 138 valence electrons. The van der Waals surface area contributed by atoms with Gasteiger partial charge in [0.2, 0.25) is 11.8 Å². The summed E-state index contributed by atoms with van der Waals surface area (Å²) in [6.45, 7) is 0. The first-order chi connectivity index (χ1) is 12.3. The number of methoxy groups -OCH3 is 1. The molecule has 0 spiro atoms. The molecule has 0 aliphatic rings. The monoisotopic (exact) mass is 396 g/mol. The van der Waals surface area contributed by atoms with E-state index in [2.05, 4.69) is 10.6 Å². The summed E-state index contributed by atoms with van der Waals surface area (Å²) >= 11 is 5.74. The molecule has 0 atom stereocenters. The summed E-state index contributed by atoms with van der Waals surface area (Å²) in [4.78, 5) is 23.7. The third-order valence-corrected chi connectivity index (χ3v) is 4.86. The van der Waals surface area contributed by atoms with E-state index in [0.717, 1.165) is 0 Å². The molecule has 0 heterocycles. The van der Waals surface area contributed by atoms with Crippen molar-refractivity contribution in [2.75, 3.05) is 29.2 Å². The van der Waals surface area contributed by atoms with Gasteiger partial charge in [-0.15, -0.1) is 0 Å². The van der Waals surface area contributed by atoms with Crippen LogP contribution >= 0.6 is 11.6 Å². The van der Waals surface area contributed by atoms with Crippen LogP contribution < -0.4 is 15.4 Å². The number of anilines is 2. The lowest BCUT2D eigenvalue weighted by Crippen LogP contribution is -2.30. The normalized spacial score (nSPS) is 10.8. The molecule has 2 amide bonds. The van der Waals surface area contributed by atoms with Gasteiger partial charge in [-0.3, -0.25) is 9.59 Å². The van der Waals surface area contributed by atoms with Crippen molar-refractivity contribution in [1.29, 1.82) is 0 Å². The van der Waals surface area contributed by atoms with Gasteiger partial charge < -0.3 is 15.4 Å². The van der Waals surface area contributed by atoms with Gasteiger partial charge >= 0.3 is 0 Å². The van der Waals surface area contributed by atoms with Crippen LogP contribution in [-0.4, -0.2) is 38.8 Å². The summed E-state index contributed by atoms with van der Waals surface area (Å²) in [5.74, 6) is -2.45. The highest BCUT2D eigenvalue weighted by Crippen LogP contribution is 2.15. The van der Waals surface area contributed by atoms with Crippen molar-refractivity contribution in [3.63, 3.8) is 0 Å². The van der Waals surface area contributed by atoms with Crippen molar-refractivity contribution in [1.82, 2.24) is 0 Å². The van der Waals surface area contributed by atoms with Crippen molar-refractivity contribution in [2.24, 2.45) is 0 Å². The van der Waals surface area contributed by atoms with E-state index >= 15 is 0 Å². The van der Waals surface area contributed by atoms with Crippen LogP contribution in [0, 0.1) is 0 Å². The molecule has 9 heteroatoms. The van der Waals surface area contributed by atoms with Gasteiger partial charge in [-0.25, -0.2) is 8.42 Å². The fourth-order valence-electron chi connectivity index (χ4n) is 2.05. The highest BCUT2D eigenvalue weighted by atomic mass is 35.5. The molecular weight excluding hydrogens is 380 g/mol. The summed E-state index contributed by atoms with van der Waals surface area (Å²) in [5, 5.41) is 5.39. The van der Waals surface area contributed by atoms with Gasteiger partial charge in [0.25, 0.3) is 0 Å². The second-order valence-electron chi connectivity index (χ2n) is 5.36. The average molecular weight is 397 g/mol. The van der Waals surface area contributed by atoms with Crippen molar-refractivity contribution in [3.05, 3.63) is 53.6 Å². The highest BCUT2D eigenvalue weighted by Gasteiger charge is 2.21. The quantitative estimate of drug-likeness (QED) is 0.748.